The molecule has 0 N–H and O–H groups in total. The molecule has 24 heavy (non-hydrogen) atoms. The van der Waals surface area contributed by atoms with E-state index in [0.717, 1.165) is 49.2 Å². The highest BCUT2D eigenvalue weighted by molar-refractivity contribution is 14.1. The third-order valence-corrected chi connectivity index (χ3v) is 5.41. The van der Waals surface area contributed by atoms with E-state index < -0.39 is 0 Å². The molecule has 2 aromatic carbocycles. The Balaban J connectivity index is 1.61. The smallest absolute Gasteiger partial charge is 0.253 e. The first-order valence-electron chi connectivity index (χ1n) is 8.13. The molecule has 0 atom stereocenters. The normalized spacial score (nSPS) is 16.0. The van der Waals surface area contributed by atoms with Gasteiger partial charge in [0.25, 0.3) is 5.91 Å². The van der Waals surface area contributed by atoms with Crippen LogP contribution in [0, 0.1) is 3.57 Å². The van der Waals surface area contributed by atoms with Gasteiger partial charge in [-0.2, -0.15) is 0 Å². The maximum Gasteiger partial charge on any atom is 0.253 e. The predicted molar refractivity (Wildman–Crippen MR) is 109 cm³/mol. The predicted octanol–water partition coefficient (Wildman–Crippen LogP) is 4.40. The summed E-state index contributed by atoms with van der Waals surface area (Å²) < 4.78 is 2.22. The fourth-order valence-electron chi connectivity index (χ4n) is 3.03. The van der Waals surface area contributed by atoms with E-state index in [0.29, 0.717) is 0 Å². The van der Waals surface area contributed by atoms with E-state index in [-0.39, 0.29) is 5.91 Å². The number of halogens is 2. The molecule has 0 radical (unpaired) electrons. The first kappa shape index (κ1) is 17.9. The molecule has 0 spiro atoms. The van der Waals surface area contributed by atoms with Crippen LogP contribution in [0.15, 0.2) is 53.0 Å². The Hall–Kier alpha value is -0.920. The molecule has 1 amide bonds. The molecule has 0 bridgehead atoms. The van der Waals surface area contributed by atoms with Gasteiger partial charge in [-0.3, -0.25) is 9.69 Å². The highest BCUT2D eigenvalue weighted by Crippen LogP contribution is 2.16. The fraction of sp³-hybridized carbons (Fsp3) is 0.316. The lowest BCUT2D eigenvalue weighted by Gasteiger charge is -2.22. The van der Waals surface area contributed by atoms with Crippen molar-refractivity contribution < 1.29 is 4.79 Å². The van der Waals surface area contributed by atoms with Crippen molar-refractivity contribution in [2.24, 2.45) is 0 Å². The molecule has 0 saturated carbocycles. The molecule has 0 aliphatic carbocycles. The van der Waals surface area contributed by atoms with Gasteiger partial charge < -0.3 is 4.90 Å². The monoisotopic (exact) mass is 498 g/mol. The average Bonchev–Trinajstić information content (AvgIpc) is 2.80. The van der Waals surface area contributed by atoms with Crippen LogP contribution in [-0.2, 0) is 6.54 Å². The number of carbonyl (C=O) groups is 1. The Morgan fingerprint density at radius 1 is 1.04 bits per heavy atom. The van der Waals surface area contributed by atoms with Crippen molar-refractivity contribution in [3.05, 3.63) is 67.7 Å². The molecule has 1 aliphatic rings. The molecule has 0 aromatic heterocycles. The SMILES string of the molecule is O=C(c1cccc(Br)c1)N1CCCN(Cc2cccc(I)c2)CC1. The second kappa shape index (κ2) is 8.45. The molecule has 5 heteroatoms. The summed E-state index contributed by atoms with van der Waals surface area (Å²) in [5.41, 5.74) is 2.10. The van der Waals surface area contributed by atoms with Gasteiger partial charge in [0.05, 0.1) is 0 Å². The van der Waals surface area contributed by atoms with Gasteiger partial charge in [0.2, 0.25) is 0 Å². The summed E-state index contributed by atoms with van der Waals surface area (Å²) >= 11 is 5.80. The first-order valence-corrected chi connectivity index (χ1v) is 10.0. The maximum atomic E-state index is 12.7. The van der Waals surface area contributed by atoms with Crippen molar-refractivity contribution in [2.45, 2.75) is 13.0 Å². The standard InChI is InChI=1S/C19H20BrIN2O/c20-17-6-2-5-16(13-17)19(24)23-9-3-8-22(10-11-23)14-15-4-1-7-18(21)12-15/h1-2,4-7,12-13H,3,8-11,14H2. The van der Waals surface area contributed by atoms with Crippen LogP contribution in [-0.4, -0.2) is 41.9 Å². The van der Waals surface area contributed by atoms with E-state index in [2.05, 4.69) is 67.7 Å². The minimum absolute atomic E-state index is 0.132. The van der Waals surface area contributed by atoms with Crippen molar-refractivity contribution in [1.29, 1.82) is 0 Å². The maximum absolute atomic E-state index is 12.7. The van der Waals surface area contributed by atoms with Gasteiger partial charge in [0.1, 0.15) is 0 Å². The number of benzene rings is 2. The minimum Gasteiger partial charge on any atom is -0.337 e. The number of hydrogen-bond donors (Lipinski definition) is 0. The fourth-order valence-corrected chi connectivity index (χ4v) is 4.04. The van der Waals surface area contributed by atoms with Gasteiger partial charge in [-0.25, -0.2) is 0 Å². The van der Waals surface area contributed by atoms with Crippen molar-refractivity contribution in [3.63, 3.8) is 0 Å². The van der Waals surface area contributed by atoms with Crippen LogP contribution in [0.2, 0.25) is 0 Å². The van der Waals surface area contributed by atoms with E-state index >= 15 is 0 Å². The number of hydrogen-bond acceptors (Lipinski definition) is 2. The van der Waals surface area contributed by atoms with Crippen LogP contribution in [0.3, 0.4) is 0 Å². The summed E-state index contributed by atoms with van der Waals surface area (Å²) in [6, 6.07) is 16.3. The zero-order chi connectivity index (χ0) is 16.9. The van der Waals surface area contributed by atoms with Crippen LogP contribution in [0.5, 0.6) is 0 Å². The summed E-state index contributed by atoms with van der Waals surface area (Å²) in [4.78, 5) is 17.1. The molecule has 1 fully saturated rings. The van der Waals surface area contributed by atoms with E-state index in [9.17, 15) is 4.79 Å². The highest BCUT2D eigenvalue weighted by Gasteiger charge is 2.20. The van der Waals surface area contributed by atoms with Crippen molar-refractivity contribution in [3.8, 4) is 0 Å². The van der Waals surface area contributed by atoms with Crippen molar-refractivity contribution >= 4 is 44.4 Å². The van der Waals surface area contributed by atoms with Gasteiger partial charge in [0.15, 0.2) is 0 Å². The van der Waals surface area contributed by atoms with Crippen LogP contribution in [0.25, 0.3) is 0 Å². The largest absolute Gasteiger partial charge is 0.337 e. The second-order valence-corrected chi connectivity index (χ2v) is 8.22. The van der Waals surface area contributed by atoms with Gasteiger partial charge in [-0.15, -0.1) is 0 Å². The third-order valence-electron chi connectivity index (χ3n) is 4.24. The van der Waals surface area contributed by atoms with Gasteiger partial charge in [-0.05, 0) is 64.9 Å². The number of nitrogens with zero attached hydrogens (tertiary/aromatic N) is 2. The molecule has 126 valence electrons. The lowest BCUT2D eigenvalue weighted by molar-refractivity contribution is 0.0761. The van der Waals surface area contributed by atoms with E-state index in [4.69, 9.17) is 0 Å². The number of rotatable bonds is 3. The van der Waals surface area contributed by atoms with Crippen molar-refractivity contribution in [1.82, 2.24) is 9.80 Å². The molecule has 3 nitrogen and oxygen atoms in total. The summed E-state index contributed by atoms with van der Waals surface area (Å²) in [6.07, 6.45) is 1.02. The topological polar surface area (TPSA) is 23.6 Å². The molecule has 1 heterocycles. The molecular formula is C19H20BrIN2O. The zero-order valence-electron chi connectivity index (χ0n) is 13.4. The molecule has 1 saturated heterocycles. The summed E-state index contributed by atoms with van der Waals surface area (Å²) in [5.74, 6) is 0.132. The molecule has 0 unspecified atom stereocenters. The van der Waals surface area contributed by atoms with Gasteiger partial charge >= 0.3 is 0 Å². The molecule has 1 aliphatic heterocycles. The quantitative estimate of drug-likeness (QED) is 0.585. The van der Waals surface area contributed by atoms with Crippen molar-refractivity contribution in [2.75, 3.05) is 26.2 Å². The third kappa shape index (κ3) is 4.80. The van der Waals surface area contributed by atoms with Gasteiger partial charge in [-0.1, -0.05) is 34.1 Å². The second-order valence-electron chi connectivity index (χ2n) is 6.06. The Morgan fingerprint density at radius 2 is 1.88 bits per heavy atom. The van der Waals surface area contributed by atoms with Gasteiger partial charge in [0, 0.05) is 46.3 Å². The lowest BCUT2D eigenvalue weighted by Crippen LogP contribution is -2.35. The van der Waals surface area contributed by atoms with E-state index in [1.54, 1.807) is 0 Å². The minimum atomic E-state index is 0.132. The summed E-state index contributed by atoms with van der Waals surface area (Å²) in [7, 11) is 0. The molecule has 2 aromatic rings. The van der Waals surface area contributed by atoms with Crippen LogP contribution in [0.1, 0.15) is 22.3 Å². The van der Waals surface area contributed by atoms with E-state index in [1.165, 1.54) is 9.13 Å². The number of carbonyl (C=O) groups excluding carboxylic acids is 1. The highest BCUT2D eigenvalue weighted by atomic mass is 127. The molecule has 3 rings (SSSR count). The average molecular weight is 499 g/mol. The Kier molecular flexibility index (Phi) is 6.30. The number of amides is 1. The van der Waals surface area contributed by atoms with Crippen LogP contribution >= 0.6 is 38.5 Å². The van der Waals surface area contributed by atoms with Crippen LogP contribution in [0.4, 0.5) is 0 Å². The Morgan fingerprint density at radius 3 is 2.67 bits per heavy atom. The first-order chi connectivity index (χ1) is 11.6. The lowest BCUT2D eigenvalue weighted by atomic mass is 10.2. The summed E-state index contributed by atoms with van der Waals surface area (Å²) in [5, 5.41) is 0. The molecular weight excluding hydrogens is 479 g/mol. The van der Waals surface area contributed by atoms with Crippen LogP contribution < -0.4 is 0 Å². The Labute approximate surface area is 165 Å². The van der Waals surface area contributed by atoms with E-state index in [1.807, 2.05) is 29.2 Å². The zero-order valence-corrected chi connectivity index (χ0v) is 17.2. The Bertz CT molecular complexity index is 722. The summed E-state index contributed by atoms with van der Waals surface area (Å²) in [6.45, 7) is 4.53.